The summed E-state index contributed by atoms with van der Waals surface area (Å²) in [5.41, 5.74) is 10.5. The fourth-order valence-electron chi connectivity index (χ4n) is 1.17. The molecule has 0 bridgehead atoms. The van der Waals surface area contributed by atoms with Crippen LogP contribution in [0.4, 0.5) is 13.2 Å². The van der Waals surface area contributed by atoms with Crippen LogP contribution in [0.15, 0.2) is 29.3 Å². The van der Waals surface area contributed by atoms with Gasteiger partial charge in [0.15, 0.2) is 5.96 Å². The second-order valence-electron chi connectivity index (χ2n) is 3.30. The van der Waals surface area contributed by atoms with E-state index in [1.54, 1.807) is 0 Å². The summed E-state index contributed by atoms with van der Waals surface area (Å²) in [5.74, 6) is -1.31. The zero-order valence-corrected chi connectivity index (χ0v) is 9.07. The summed E-state index contributed by atoms with van der Waals surface area (Å²) in [4.78, 5) is 14.5. The minimum absolute atomic E-state index is 0.107. The first-order valence-corrected chi connectivity index (χ1v) is 4.73. The van der Waals surface area contributed by atoms with Gasteiger partial charge in [0.1, 0.15) is 5.75 Å². The predicted octanol–water partition coefficient (Wildman–Crippen LogP) is 0.928. The van der Waals surface area contributed by atoms with Crippen LogP contribution < -0.4 is 16.2 Å². The number of hydrogen-bond acceptors (Lipinski definition) is 2. The van der Waals surface area contributed by atoms with Crippen molar-refractivity contribution in [2.24, 2.45) is 16.5 Å². The van der Waals surface area contributed by atoms with E-state index in [-0.39, 0.29) is 18.1 Å². The molecule has 0 unspecified atom stereocenters. The maximum atomic E-state index is 11.9. The van der Waals surface area contributed by atoms with Gasteiger partial charge in [-0.3, -0.25) is 4.79 Å². The second-order valence-corrected chi connectivity index (χ2v) is 3.30. The Labute approximate surface area is 100 Å². The Balaban J connectivity index is 2.66. The van der Waals surface area contributed by atoms with Crippen LogP contribution in [0.3, 0.4) is 0 Å². The van der Waals surface area contributed by atoms with Gasteiger partial charge in [0, 0.05) is 0 Å². The van der Waals surface area contributed by atoms with Crippen LogP contribution in [0.25, 0.3) is 0 Å². The minimum atomic E-state index is -4.74. The Morgan fingerprint density at radius 3 is 2.22 bits per heavy atom. The average molecular weight is 261 g/mol. The van der Waals surface area contributed by atoms with E-state index < -0.39 is 12.3 Å². The molecule has 1 rings (SSSR count). The number of hydrogen-bond donors (Lipinski definition) is 2. The number of guanidine groups is 1. The Bertz CT molecular complexity index is 450. The third-order valence-corrected chi connectivity index (χ3v) is 1.77. The summed E-state index contributed by atoms with van der Waals surface area (Å²) in [6, 6.07) is 4.85. The first kappa shape index (κ1) is 13.8. The van der Waals surface area contributed by atoms with E-state index in [2.05, 4.69) is 9.73 Å². The van der Waals surface area contributed by atoms with Gasteiger partial charge in [0.25, 0.3) is 5.91 Å². The van der Waals surface area contributed by atoms with Crippen LogP contribution >= 0.6 is 0 Å². The molecule has 0 saturated carbocycles. The largest absolute Gasteiger partial charge is 0.573 e. The van der Waals surface area contributed by atoms with Crippen molar-refractivity contribution in [2.45, 2.75) is 12.8 Å². The summed E-state index contributed by atoms with van der Waals surface area (Å²) in [6.07, 6.45) is -4.85. The molecule has 0 fully saturated rings. The van der Waals surface area contributed by atoms with Crippen LogP contribution in [0.1, 0.15) is 5.56 Å². The monoisotopic (exact) mass is 261 g/mol. The number of ether oxygens (including phenoxy) is 1. The van der Waals surface area contributed by atoms with Gasteiger partial charge in [-0.25, -0.2) is 0 Å². The second kappa shape index (κ2) is 5.39. The van der Waals surface area contributed by atoms with E-state index in [0.717, 1.165) is 12.1 Å². The van der Waals surface area contributed by atoms with Crippen molar-refractivity contribution in [2.75, 3.05) is 0 Å². The Morgan fingerprint density at radius 2 is 1.78 bits per heavy atom. The zero-order chi connectivity index (χ0) is 13.8. The molecule has 18 heavy (non-hydrogen) atoms. The fourth-order valence-corrected chi connectivity index (χ4v) is 1.17. The lowest BCUT2D eigenvalue weighted by Gasteiger charge is -2.08. The molecular weight excluding hydrogens is 251 g/mol. The number of carbonyl (C=O) groups excluding carboxylic acids is 1. The summed E-state index contributed by atoms with van der Waals surface area (Å²) < 4.78 is 39.3. The summed E-state index contributed by atoms with van der Waals surface area (Å²) >= 11 is 0. The highest BCUT2D eigenvalue weighted by Crippen LogP contribution is 2.22. The number of alkyl halides is 3. The SMILES string of the molecule is NC(N)=NC(=O)Cc1ccc(OC(F)(F)F)cc1. The molecule has 0 aromatic heterocycles. The Hall–Kier alpha value is -2.25. The maximum absolute atomic E-state index is 11.9. The highest BCUT2D eigenvalue weighted by Gasteiger charge is 2.30. The molecule has 0 spiro atoms. The van der Waals surface area contributed by atoms with E-state index in [0.29, 0.717) is 5.56 Å². The first-order valence-electron chi connectivity index (χ1n) is 4.73. The number of nitrogens with zero attached hydrogens (tertiary/aromatic N) is 1. The number of rotatable bonds is 3. The van der Waals surface area contributed by atoms with E-state index in [1.807, 2.05) is 0 Å². The van der Waals surface area contributed by atoms with Gasteiger partial charge < -0.3 is 16.2 Å². The van der Waals surface area contributed by atoms with Crippen molar-refractivity contribution in [1.29, 1.82) is 0 Å². The number of carbonyl (C=O) groups is 1. The molecule has 0 aliphatic rings. The number of halogens is 3. The van der Waals surface area contributed by atoms with Gasteiger partial charge in [0.05, 0.1) is 6.42 Å². The Morgan fingerprint density at radius 1 is 1.22 bits per heavy atom. The number of aliphatic imine (C=N–C) groups is 1. The molecule has 5 nitrogen and oxygen atoms in total. The highest BCUT2D eigenvalue weighted by molar-refractivity contribution is 5.92. The third-order valence-electron chi connectivity index (χ3n) is 1.77. The van der Waals surface area contributed by atoms with Gasteiger partial charge in [-0.2, -0.15) is 4.99 Å². The number of benzene rings is 1. The van der Waals surface area contributed by atoms with E-state index in [1.165, 1.54) is 12.1 Å². The maximum Gasteiger partial charge on any atom is 0.573 e. The molecule has 4 N–H and O–H groups in total. The molecule has 1 amide bonds. The topological polar surface area (TPSA) is 90.7 Å². The molecule has 0 aliphatic heterocycles. The van der Waals surface area contributed by atoms with Crippen molar-refractivity contribution in [3.05, 3.63) is 29.8 Å². The molecule has 8 heteroatoms. The minimum Gasteiger partial charge on any atom is -0.406 e. The lowest BCUT2D eigenvalue weighted by atomic mass is 10.1. The van der Waals surface area contributed by atoms with Crippen molar-refractivity contribution in [3.8, 4) is 5.75 Å². The van der Waals surface area contributed by atoms with E-state index >= 15 is 0 Å². The van der Waals surface area contributed by atoms with Gasteiger partial charge in [0.2, 0.25) is 0 Å². The lowest BCUT2D eigenvalue weighted by molar-refractivity contribution is -0.274. The zero-order valence-electron chi connectivity index (χ0n) is 9.07. The summed E-state index contributed by atoms with van der Waals surface area (Å²) in [6.45, 7) is 0. The average Bonchev–Trinajstić information content (AvgIpc) is 2.17. The molecule has 0 radical (unpaired) electrons. The molecule has 0 aliphatic carbocycles. The predicted molar refractivity (Wildman–Crippen MR) is 57.6 cm³/mol. The van der Waals surface area contributed by atoms with Gasteiger partial charge in [-0.15, -0.1) is 13.2 Å². The lowest BCUT2D eigenvalue weighted by Crippen LogP contribution is -2.24. The van der Waals surface area contributed by atoms with E-state index in [4.69, 9.17) is 11.5 Å². The van der Waals surface area contributed by atoms with Crippen LogP contribution in [0.5, 0.6) is 5.75 Å². The van der Waals surface area contributed by atoms with Gasteiger partial charge >= 0.3 is 6.36 Å². The fraction of sp³-hybridized carbons (Fsp3) is 0.200. The quantitative estimate of drug-likeness (QED) is 0.625. The molecule has 0 heterocycles. The van der Waals surface area contributed by atoms with Crippen LogP contribution in [0.2, 0.25) is 0 Å². The molecule has 1 aromatic rings. The van der Waals surface area contributed by atoms with Crippen LogP contribution in [0, 0.1) is 0 Å². The van der Waals surface area contributed by atoms with Gasteiger partial charge in [-0.05, 0) is 17.7 Å². The van der Waals surface area contributed by atoms with E-state index in [9.17, 15) is 18.0 Å². The molecular formula is C10H10F3N3O2. The first-order chi connectivity index (χ1) is 8.26. The standard InChI is InChI=1S/C10H10F3N3O2/c11-10(12,13)18-7-3-1-6(2-4-7)5-8(17)16-9(14)15/h1-4H,5H2,(H4,14,15,16,17). The molecule has 0 atom stereocenters. The van der Waals surface area contributed by atoms with Crippen molar-refractivity contribution < 1.29 is 22.7 Å². The summed E-state index contributed by atoms with van der Waals surface area (Å²) in [7, 11) is 0. The van der Waals surface area contributed by atoms with Crippen molar-refractivity contribution in [3.63, 3.8) is 0 Å². The van der Waals surface area contributed by atoms with Crippen molar-refractivity contribution >= 4 is 11.9 Å². The van der Waals surface area contributed by atoms with Crippen molar-refractivity contribution in [1.82, 2.24) is 0 Å². The van der Waals surface area contributed by atoms with Crippen LogP contribution in [-0.4, -0.2) is 18.2 Å². The smallest absolute Gasteiger partial charge is 0.406 e. The van der Waals surface area contributed by atoms with Gasteiger partial charge in [-0.1, -0.05) is 12.1 Å². The summed E-state index contributed by atoms with van der Waals surface area (Å²) in [5, 5.41) is 0. The third kappa shape index (κ3) is 5.19. The van der Waals surface area contributed by atoms with Crippen LogP contribution in [-0.2, 0) is 11.2 Å². The number of amides is 1. The highest BCUT2D eigenvalue weighted by atomic mass is 19.4. The Kier molecular flexibility index (Phi) is 4.13. The molecule has 0 saturated heterocycles. The molecule has 98 valence electrons. The number of nitrogens with two attached hydrogens (primary N) is 2. The molecule has 1 aromatic carbocycles. The normalized spacial score (nSPS) is 10.8.